The average Bonchev–Trinajstić information content (AvgIpc) is 2.41. The summed E-state index contributed by atoms with van der Waals surface area (Å²) >= 11 is 0. The molecule has 0 bridgehead atoms. The number of carbonyl (C=O) groups excluding carboxylic acids is 1. The van der Waals surface area contributed by atoms with Gasteiger partial charge in [-0.25, -0.2) is 0 Å². The van der Waals surface area contributed by atoms with Crippen molar-refractivity contribution in [2.45, 2.75) is 12.8 Å². The van der Waals surface area contributed by atoms with Gasteiger partial charge in [0, 0.05) is 39.3 Å². The van der Waals surface area contributed by atoms with Gasteiger partial charge in [0.2, 0.25) is 5.91 Å². The molecule has 1 unspecified atom stereocenters. The summed E-state index contributed by atoms with van der Waals surface area (Å²) in [6, 6.07) is 0. The zero-order valence-electron chi connectivity index (χ0n) is 11.5. The van der Waals surface area contributed by atoms with Gasteiger partial charge in [-0.15, -0.1) is 0 Å². The number of piperazine rings is 1. The third-order valence-corrected chi connectivity index (χ3v) is 4.08. The number of nitrogens with zero attached hydrogens (tertiary/aromatic N) is 3. The highest BCUT2D eigenvalue weighted by Gasteiger charge is 2.29. The van der Waals surface area contributed by atoms with Crippen LogP contribution in [0, 0.1) is 5.92 Å². The molecule has 2 aliphatic heterocycles. The lowest BCUT2D eigenvalue weighted by Gasteiger charge is -2.35. The first kappa shape index (κ1) is 14.3. The lowest BCUT2D eigenvalue weighted by Crippen LogP contribution is -2.51. The molecule has 19 heavy (non-hydrogen) atoms. The summed E-state index contributed by atoms with van der Waals surface area (Å²) in [5.41, 5.74) is 0. The fourth-order valence-electron chi connectivity index (χ4n) is 2.70. The molecule has 0 aromatic carbocycles. The highest BCUT2D eigenvalue weighted by atomic mass is 16.4. The van der Waals surface area contributed by atoms with Gasteiger partial charge in [0.05, 0.1) is 12.5 Å². The van der Waals surface area contributed by atoms with Crippen molar-refractivity contribution < 1.29 is 14.7 Å². The third kappa shape index (κ3) is 3.91. The molecule has 0 aromatic rings. The summed E-state index contributed by atoms with van der Waals surface area (Å²) < 4.78 is 0. The highest BCUT2D eigenvalue weighted by Crippen LogP contribution is 2.17. The number of piperidine rings is 1. The SMILES string of the molecule is CN1CCN(CC(=O)N2CCCC(C(=O)O)C2)CC1. The molecule has 1 amide bonds. The lowest BCUT2D eigenvalue weighted by atomic mass is 9.98. The average molecular weight is 269 g/mol. The van der Waals surface area contributed by atoms with Gasteiger partial charge in [-0.2, -0.15) is 0 Å². The summed E-state index contributed by atoms with van der Waals surface area (Å²) in [6.07, 6.45) is 1.49. The van der Waals surface area contributed by atoms with Gasteiger partial charge in [-0.05, 0) is 19.9 Å². The number of rotatable bonds is 3. The predicted molar refractivity (Wildman–Crippen MR) is 70.9 cm³/mol. The number of carbonyl (C=O) groups is 2. The van der Waals surface area contributed by atoms with Gasteiger partial charge in [-0.1, -0.05) is 0 Å². The molecule has 2 aliphatic rings. The first-order valence-electron chi connectivity index (χ1n) is 6.97. The van der Waals surface area contributed by atoms with Crippen molar-refractivity contribution in [2.75, 3.05) is 52.9 Å². The summed E-state index contributed by atoms with van der Waals surface area (Å²) in [5.74, 6) is -1.09. The van der Waals surface area contributed by atoms with Gasteiger partial charge >= 0.3 is 5.97 Å². The van der Waals surface area contributed by atoms with E-state index < -0.39 is 5.97 Å². The van der Waals surface area contributed by atoms with Crippen molar-refractivity contribution in [3.63, 3.8) is 0 Å². The lowest BCUT2D eigenvalue weighted by molar-refractivity contribution is -0.146. The number of amides is 1. The van der Waals surface area contributed by atoms with E-state index >= 15 is 0 Å². The number of carboxylic acids is 1. The van der Waals surface area contributed by atoms with E-state index in [1.165, 1.54) is 0 Å². The molecular formula is C13H23N3O3. The first-order valence-corrected chi connectivity index (χ1v) is 6.97. The first-order chi connectivity index (χ1) is 9.06. The molecule has 0 spiro atoms. The summed E-state index contributed by atoms with van der Waals surface area (Å²) in [7, 11) is 2.08. The molecule has 6 nitrogen and oxygen atoms in total. The van der Waals surface area contributed by atoms with Crippen LogP contribution in [-0.2, 0) is 9.59 Å². The van der Waals surface area contributed by atoms with Crippen LogP contribution in [0.2, 0.25) is 0 Å². The summed E-state index contributed by atoms with van der Waals surface area (Å²) in [4.78, 5) is 29.3. The van der Waals surface area contributed by atoms with E-state index in [1.807, 2.05) is 0 Å². The molecule has 1 atom stereocenters. The largest absolute Gasteiger partial charge is 0.481 e. The molecule has 2 heterocycles. The maximum Gasteiger partial charge on any atom is 0.308 e. The van der Waals surface area contributed by atoms with Crippen molar-refractivity contribution in [1.82, 2.24) is 14.7 Å². The normalized spacial score (nSPS) is 26.4. The Morgan fingerprint density at radius 3 is 2.47 bits per heavy atom. The Labute approximate surface area is 114 Å². The second-order valence-electron chi connectivity index (χ2n) is 5.60. The number of likely N-dealkylation sites (N-methyl/N-ethyl adjacent to an activating group) is 1. The Bertz CT molecular complexity index is 340. The quantitative estimate of drug-likeness (QED) is 0.752. The van der Waals surface area contributed by atoms with E-state index in [0.717, 1.165) is 32.6 Å². The van der Waals surface area contributed by atoms with Crippen molar-refractivity contribution in [1.29, 1.82) is 0 Å². The standard InChI is InChI=1S/C13H23N3O3/c1-14-5-7-15(8-6-14)10-12(17)16-4-2-3-11(9-16)13(18)19/h11H,2-10H2,1H3,(H,18,19). The van der Waals surface area contributed by atoms with Crippen molar-refractivity contribution in [3.8, 4) is 0 Å². The van der Waals surface area contributed by atoms with E-state index in [9.17, 15) is 9.59 Å². The zero-order chi connectivity index (χ0) is 13.8. The van der Waals surface area contributed by atoms with Gasteiger partial charge < -0.3 is 14.9 Å². The molecule has 6 heteroatoms. The number of aliphatic carboxylic acids is 1. The zero-order valence-corrected chi connectivity index (χ0v) is 11.5. The fourth-order valence-corrected chi connectivity index (χ4v) is 2.70. The summed E-state index contributed by atoms with van der Waals surface area (Å²) in [5, 5.41) is 9.03. The topological polar surface area (TPSA) is 64.1 Å². The van der Waals surface area contributed by atoms with Crippen LogP contribution in [0.3, 0.4) is 0 Å². The van der Waals surface area contributed by atoms with Crippen molar-refractivity contribution in [2.24, 2.45) is 5.92 Å². The predicted octanol–water partition coefficient (Wildman–Crippen LogP) is -0.443. The van der Waals surface area contributed by atoms with Gasteiger partial charge in [-0.3, -0.25) is 14.5 Å². The van der Waals surface area contributed by atoms with Crippen LogP contribution in [0.25, 0.3) is 0 Å². The monoisotopic (exact) mass is 269 g/mol. The van der Waals surface area contributed by atoms with Crippen LogP contribution in [0.15, 0.2) is 0 Å². The van der Waals surface area contributed by atoms with Crippen molar-refractivity contribution in [3.05, 3.63) is 0 Å². The van der Waals surface area contributed by atoms with E-state index in [1.54, 1.807) is 4.90 Å². The minimum Gasteiger partial charge on any atom is -0.481 e. The smallest absolute Gasteiger partial charge is 0.308 e. The molecule has 0 radical (unpaired) electrons. The molecule has 2 fully saturated rings. The number of hydrogen-bond donors (Lipinski definition) is 1. The highest BCUT2D eigenvalue weighted by molar-refractivity contribution is 5.79. The molecule has 0 saturated carbocycles. The Balaban J connectivity index is 1.80. The Kier molecular flexibility index (Phi) is 4.76. The number of likely N-dealkylation sites (tertiary alicyclic amines) is 1. The maximum absolute atomic E-state index is 12.2. The second-order valence-corrected chi connectivity index (χ2v) is 5.60. The van der Waals surface area contributed by atoms with E-state index in [4.69, 9.17) is 5.11 Å². The molecule has 0 aliphatic carbocycles. The minimum atomic E-state index is -0.780. The van der Waals surface area contributed by atoms with Gasteiger partial charge in [0.15, 0.2) is 0 Å². The Hall–Kier alpha value is -1.14. The van der Waals surface area contributed by atoms with Gasteiger partial charge in [0.25, 0.3) is 0 Å². The Morgan fingerprint density at radius 2 is 1.84 bits per heavy atom. The van der Waals surface area contributed by atoms with Crippen LogP contribution in [0.5, 0.6) is 0 Å². The van der Waals surface area contributed by atoms with Crippen LogP contribution in [0.1, 0.15) is 12.8 Å². The van der Waals surface area contributed by atoms with Gasteiger partial charge in [0.1, 0.15) is 0 Å². The fraction of sp³-hybridized carbons (Fsp3) is 0.846. The molecule has 108 valence electrons. The molecule has 2 saturated heterocycles. The summed E-state index contributed by atoms with van der Waals surface area (Å²) in [6.45, 7) is 5.32. The van der Waals surface area contributed by atoms with Crippen LogP contribution in [0.4, 0.5) is 0 Å². The number of hydrogen-bond acceptors (Lipinski definition) is 4. The molecule has 1 N–H and O–H groups in total. The van der Waals surface area contributed by atoms with Crippen molar-refractivity contribution >= 4 is 11.9 Å². The van der Waals surface area contributed by atoms with Crippen LogP contribution >= 0.6 is 0 Å². The minimum absolute atomic E-state index is 0.0792. The van der Waals surface area contributed by atoms with E-state index in [2.05, 4.69) is 16.8 Å². The molecular weight excluding hydrogens is 246 g/mol. The number of carboxylic acid groups (broad SMARTS) is 1. The van der Waals surface area contributed by atoms with E-state index in [-0.39, 0.29) is 11.8 Å². The second kappa shape index (κ2) is 6.34. The Morgan fingerprint density at radius 1 is 1.16 bits per heavy atom. The van der Waals surface area contributed by atoms with Crippen LogP contribution < -0.4 is 0 Å². The van der Waals surface area contributed by atoms with Crippen LogP contribution in [-0.4, -0.2) is 84.5 Å². The van der Waals surface area contributed by atoms with E-state index in [0.29, 0.717) is 26.1 Å². The third-order valence-electron chi connectivity index (χ3n) is 4.08. The molecule has 0 aromatic heterocycles. The molecule has 2 rings (SSSR count). The maximum atomic E-state index is 12.2.